The van der Waals surface area contributed by atoms with E-state index in [2.05, 4.69) is 10.6 Å². The fourth-order valence-electron chi connectivity index (χ4n) is 4.81. The van der Waals surface area contributed by atoms with Gasteiger partial charge in [0, 0.05) is 12.5 Å². The van der Waals surface area contributed by atoms with Crippen LogP contribution in [0.25, 0.3) is 5.57 Å². The minimum absolute atomic E-state index is 0.167. The summed E-state index contributed by atoms with van der Waals surface area (Å²) in [5.41, 5.74) is 2.82. The number of allylic oxidation sites excluding steroid dienone is 1. The molecule has 0 fully saturated rings. The van der Waals surface area contributed by atoms with Gasteiger partial charge >= 0.3 is 5.97 Å². The highest BCUT2D eigenvalue weighted by atomic mass is 16.4. The number of hydrogen-bond donors (Lipinski definition) is 3. The van der Waals surface area contributed by atoms with Crippen LogP contribution in [-0.4, -0.2) is 66.2 Å². The van der Waals surface area contributed by atoms with Crippen molar-refractivity contribution in [2.45, 2.75) is 38.3 Å². The Morgan fingerprint density at radius 3 is 2.46 bits per heavy atom. The van der Waals surface area contributed by atoms with Gasteiger partial charge < -0.3 is 25.4 Å². The molecule has 1 aliphatic heterocycles. The molecule has 1 heterocycles. The molecule has 0 unspecified atom stereocenters. The third kappa shape index (κ3) is 6.03. The van der Waals surface area contributed by atoms with E-state index in [-0.39, 0.29) is 18.1 Å². The lowest BCUT2D eigenvalue weighted by atomic mass is 9.90. The van der Waals surface area contributed by atoms with Crippen LogP contribution in [0.4, 0.5) is 11.4 Å². The molecule has 4 amide bonds. The zero-order chi connectivity index (χ0) is 28.1. The SMILES string of the molecule is CC(=O)N1C[C@H](NC(=O)C2=CCCc3ccccc32)C(=O)N(CC(=O)N[C@H](C=O)CC(=O)O)c2ccccc21. The maximum absolute atomic E-state index is 13.8. The summed E-state index contributed by atoms with van der Waals surface area (Å²) in [5, 5.41) is 14.0. The first-order valence-electron chi connectivity index (χ1n) is 12.4. The standard InChI is InChI=1S/C28H28N4O7/c1-17(34)31-14-22(30-27(38)21-10-6-8-18-7-2-3-9-20(18)21)28(39)32(24-12-5-4-11-23(24)31)15-25(35)29-19(16-33)13-26(36)37/h2-5,7,9-12,16,19,22H,6,8,13-15H2,1H3,(H,29,35)(H,30,38)(H,36,37)/t19-,22-/m0/s1. The molecule has 0 saturated carbocycles. The maximum Gasteiger partial charge on any atom is 0.305 e. The predicted molar refractivity (Wildman–Crippen MR) is 142 cm³/mol. The monoisotopic (exact) mass is 532 g/mol. The quantitative estimate of drug-likeness (QED) is 0.430. The number of anilines is 2. The van der Waals surface area contributed by atoms with Crippen LogP contribution in [0.3, 0.4) is 0 Å². The Balaban J connectivity index is 1.64. The van der Waals surface area contributed by atoms with Crippen LogP contribution in [0, 0.1) is 0 Å². The van der Waals surface area contributed by atoms with Crippen molar-refractivity contribution in [3.8, 4) is 0 Å². The smallest absolute Gasteiger partial charge is 0.305 e. The summed E-state index contributed by atoms with van der Waals surface area (Å²) in [6, 6.07) is 11.5. The average molecular weight is 533 g/mol. The van der Waals surface area contributed by atoms with Crippen LogP contribution >= 0.6 is 0 Å². The Morgan fingerprint density at radius 1 is 1.08 bits per heavy atom. The van der Waals surface area contributed by atoms with Crippen molar-refractivity contribution < 1.29 is 33.9 Å². The van der Waals surface area contributed by atoms with Crippen LogP contribution < -0.4 is 20.4 Å². The van der Waals surface area contributed by atoms with Crippen molar-refractivity contribution >= 4 is 52.8 Å². The molecule has 1 aliphatic carbocycles. The largest absolute Gasteiger partial charge is 0.481 e. The number of fused-ring (bicyclic) bond motifs is 2. The van der Waals surface area contributed by atoms with E-state index in [0.717, 1.165) is 22.4 Å². The number of benzene rings is 2. The van der Waals surface area contributed by atoms with Gasteiger partial charge in [-0.3, -0.25) is 28.9 Å². The lowest BCUT2D eigenvalue weighted by molar-refractivity contribution is -0.139. The first-order chi connectivity index (χ1) is 18.7. The highest BCUT2D eigenvalue weighted by Gasteiger charge is 2.37. The molecule has 2 aliphatic rings. The van der Waals surface area contributed by atoms with Crippen molar-refractivity contribution in [3.05, 3.63) is 65.7 Å². The molecule has 0 aromatic heterocycles. The molecule has 11 nitrogen and oxygen atoms in total. The number of aliphatic carboxylic acids is 1. The number of carbonyl (C=O) groups excluding carboxylic acids is 5. The van der Waals surface area contributed by atoms with E-state index >= 15 is 0 Å². The number of hydrogen-bond acceptors (Lipinski definition) is 6. The Morgan fingerprint density at radius 2 is 1.77 bits per heavy atom. The molecule has 2 aromatic carbocycles. The van der Waals surface area contributed by atoms with E-state index in [4.69, 9.17) is 5.11 Å². The number of amides is 4. The number of nitrogens with zero attached hydrogens (tertiary/aromatic N) is 2. The van der Waals surface area contributed by atoms with E-state index in [0.29, 0.717) is 24.0 Å². The molecule has 0 radical (unpaired) electrons. The van der Waals surface area contributed by atoms with Crippen LogP contribution in [0.15, 0.2) is 54.6 Å². The number of carboxylic acids is 1. The zero-order valence-electron chi connectivity index (χ0n) is 21.3. The van der Waals surface area contributed by atoms with E-state index < -0.39 is 48.7 Å². The molecule has 2 aromatic rings. The van der Waals surface area contributed by atoms with E-state index in [9.17, 15) is 28.8 Å². The topological polar surface area (TPSA) is 153 Å². The number of carboxylic acid groups (broad SMARTS) is 1. The van der Waals surface area contributed by atoms with Gasteiger partial charge in [-0.1, -0.05) is 42.5 Å². The van der Waals surface area contributed by atoms with E-state index in [1.807, 2.05) is 30.3 Å². The number of para-hydroxylation sites is 2. The van der Waals surface area contributed by atoms with Crippen molar-refractivity contribution in [1.82, 2.24) is 10.6 Å². The van der Waals surface area contributed by atoms with Crippen LogP contribution in [0.2, 0.25) is 0 Å². The van der Waals surface area contributed by atoms with Crippen LogP contribution in [0.1, 0.15) is 30.9 Å². The van der Waals surface area contributed by atoms with Gasteiger partial charge in [-0.2, -0.15) is 0 Å². The number of aldehydes is 1. The summed E-state index contributed by atoms with van der Waals surface area (Å²) in [6.07, 6.45) is 2.94. The molecule has 11 heteroatoms. The molecule has 0 bridgehead atoms. The highest BCUT2D eigenvalue weighted by Crippen LogP contribution is 2.33. The second kappa shape index (κ2) is 11.7. The maximum atomic E-state index is 13.8. The van der Waals surface area contributed by atoms with Gasteiger partial charge in [-0.25, -0.2) is 0 Å². The van der Waals surface area contributed by atoms with E-state index in [1.165, 1.54) is 11.8 Å². The second-order valence-electron chi connectivity index (χ2n) is 9.29. The third-order valence-electron chi connectivity index (χ3n) is 6.60. The first kappa shape index (κ1) is 27.2. The number of rotatable bonds is 8. The molecule has 3 N–H and O–H groups in total. The first-order valence-corrected chi connectivity index (χ1v) is 12.4. The average Bonchev–Trinajstić information content (AvgIpc) is 3.02. The molecular formula is C28H28N4O7. The summed E-state index contributed by atoms with van der Waals surface area (Å²) < 4.78 is 0. The van der Waals surface area contributed by atoms with E-state index in [1.54, 1.807) is 24.3 Å². The second-order valence-corrected chi connectivity index (χ2v) is 9.29. The molecule has 39 heavy (non-hydrogen) atoms. The normalized spacial score (nSPS) is 17.1. The van der Waals surface area contributed by atoms with Gasteiger partial charge in [0.1, 0.15) is 18.9 Å². The number of aryl methyl sites for hydroxylation is 1. The Bertz CT molecular complexity index is 1370. The van der Waals surface area contributed by atoms with Gasteiger partial charge in [0.2, 0.25) is 11.8 Å². The summed E-state index contributed by atoms with van der Waals surface area (Å²) in [5.74, 6) is -3.54. The lowest BCUT2D eigenvalue weighted by Crippen LogP contribution is -2.54. The summed E-state index contributed by atoms with van der Waals surface area (Å²) in [6.45, 7) is 0.604. The van der Waals surface area contributed by atoms with Crippen molar-refractivity contribution in [3.63, 3.8) is 0 Å². The third-order valence-corrected chi connectivity index (χ3v) is 6.60. The minimum atomic E-state index is -1.28. The fraction of sp³-hybridized carbons (Fsp3) is 0.286. The highest BCUT2D eigenvalue weighted by molar-refractivity contribution is 6.21. The Hall–Kier alpha value is -4.80. The fourth-order valence-corrected chi connectivity index (χ4v) is 4.81. The van der Waals surface area contributed by atoms with Gasteiger partial charge in [-0.05, 0) is 36.1 Å². The predicted octanol–water partition coefficient (Wildman–Crippen LogP) is 1.06. The number of carbonyl (C=O) groups is 6. The summed E-state index contributed by atoms with van der Waals surface area (Å²) >= 11 is 0. The minimum Gasteiger partial charge on any atom is -0.481 e. The summed E-state index contributed by atoms with van der Waals surface area (Å²) in [4.78, 5) is 77.4. The zero-order valence-corrected chi connectivity index (χ0v) is 21.3. The number of nitrogens with one attached hydrogen (secondary N) is 2. The Labute approximate surface area is 224 Å². The van der Waals surface area contributed by atoms with Crippen LogP contribution in [0.5, 0.6) is 0 Å². The summed E-state index contributed by atoms with van der Waals surface area (Å²) in [7, 11) is 0. The van der Waals surface area contributed by atoms with Crippen molar-refractivity contribution in [1.29, 1.82) is 0 Å². The molecule has 4 rings (SSSR count). The molecular weight excluding hydrogens is 504 g/mol. The van der Waals surface area contributed by atoms with Crippen molar-refractivity contribution in [2.24, 2.45) is 0 Å². The van der Waals surface area contributed by atoms with Gasteiger partial charge in [-0.15, -0.1) is 0 Å². The Kier molecular flexibility index (Phi) is 8.18. The molecule has 0 spiro atoms. The molecule has 2 atom stereocenters. The van der Waals surface area contributed by atoms with Crippen molar-refractivity contribution in [2.75, 3.05) is 22.9 Å². The molecule has 202 valence electrons. The van der Waals surface area contributed by atoms with Gasteiger partial charge in [0.25, 0.3) is 11.8 Å². The van der Waals surface area contributed by atoms with Crippen LogP contribution in [-0.2, 0) is 35.2 Å². The van der Waals surface area contributed by atoms with Gasteiger partial charge in [0.15, 0.2) is 0 Å². The van der Waals surface area contributed by atoms with Gasteiger partial charge in [0.05, 0.1) is 30.4 Å². The lowest BCUT2D eigenvalue weighted by Gasteiger charge is -2.26. The molecule has 0 saturated heterocycles.